The largest absolute Gasteiger partial charge is 0.480 e. The van der Waals surface area contributed by atoms with E-state index in [2.05, 4.69) is 0 Å². The van der Waals surface area contributed by atoms with E-state index in [9.17, 15) is 23.1 Å². The number of aliphatic carboxylic acids is 1. The van der Waals surface area contributed by atoms with E-state index in [1.807, 2.05) is 4.90 Å². The minimum absolute atomic E-state index is 0.0480. The van der Waals surface area contributed by atoms with E-state index in [-0.39, 0.29) is 18.9 Å². The fourth-order valence-electron chi connectivity index (χ4n) is 3.70. The summed E-state index contributed by atoms with van der Waals surface area (Å²) >= 11 is 0. The second kappa shape index (κ2) is 5.54. The van der Waals surface area contributed by atoms with E-state index < -0.39 is 23.6 Å². The number of hydrogen-bond acceptors (Lipinski definition) is 2. The summed E-state index contributed by atoms with van der Waals surface area (Å²) in [6, 6.07) is -0.253. The molecule has 6 heteroatoms. The van der Waals surface area contributed by atoms with Crippen molar-refractivity contribution >= 4 is 5.97 Å². The van der Waals surface area contributed by atoms with Crippen molar-refractivity contribution in [3.8, 4) is 0 Å². The second-order valence-electron chi connectivity index (χ2n) is 6.29. The molecule has 3 nitrogen and oxygen atoms in total. The highest BCUT2D eigenvalue weighted by atomic mass is 19.4. The molecular weight excluding hydrogens is 271 g/mol. The number of carboxylic acids is 1. The highest BCUT2D eigenvalue weighted by Gasteiger charge is 2.48. The van der Waals surface area contributed by atoms with Crippen LogP contribution in [-0.4, -0.2) is 40.3 Å². The van der Waals surface area contributed by atoms with Crippen molar-refractivity contribution in [2.24, 2.45) is 5.92 Å². The molecule has 2 fully saturated rings. The summed E-state index contributed by atoms with van der Waals surface area (Å²) in [6.07, 6.45) is -0.505. The number of alkyl halides is 3. The van der Waals surface area contributed by atoms with Gasteiger partial charge in [-0.3, -0.25) is 9.69 Å². The highest BCUT2D eigenvalue weighted by Crippen LogP contribution is 2.42. The summed E-state index contributed by atoms with van der Waals surface area (Å²) in [5.74, 6) is -2.19. The Bertz CT molecular complexity index is 372. The molecule has 0 aromatic heterocycles. The average molecular weight is 293 g/mol. The van der Waals surface area contributed by atoms with E-state index in [4.69, 9.17) is 0 Å². The van der Waals surface area contributed by atoms with Crippen molar-refractivity contribution < 1.29 is 23.1 Å². The third-order valence-electron chi connectivity index (χ3n) is 4.96. The van der Waals surface area contributed by atoms with Gasteiger partial charge in [-0.2, -0.15) is 13.2 Å². The number of hydrogen-bond donors (Lipinski definition) is 1. The van der Waals surface area contributed by atoms with Crippen LogP contribution in [0.15, 0.2) is 0 Å². The molecule has 0 spiro atoms. The Labute approximate surface area is 117 Å². The van der Waals surface area contributed by atoms with Crippen molar-refractivity contribution in [3.05, 3.63) is 0 Å². The Hall–Kier alpha value is -0.780. The monoisotopic (exact) mass is 293 g/mol. The molecule has 1 saturated carbocycles. The maximum atomic E-state index is 12.9. The van der Waals surface area contributed by atoms with Gasteiger partial charge in [0.1, 0.15) is 5.54 Å². The van der Waals surface area contributed by atoms with Gasteiger partial charge in [0.25, 0.3) is 0 Å². The predicted octanol–water partition coefficient (Wildman–Crippen LogP) is 3.44. The van der Waals surface area contributed by atoms with E-state index >= 15 is 0 Å². The van der Waals surface area contributed by atoms with Crippen LogP contribution in [0.5, 0.6) is 0 Å². The summed E-state index contributed by atoms with van der Waals surface area (Å²) in [4.78, 5) is 13.4. The number of likely N-dealkylation sites (tertiary alicyclic amines) is 1. The maximum absolute atomic E-state index is 12.9. The van der Waals surface area contributed by atoms with Crippen LogP contribution < -0.4 is 0 Å². The molecular formula is C14H22F3NO2. The van der Waals surface area contributed by atoms with Crippen LogP contribution in [0.4, 0.5) is 13.2 Å². The Morgan fingerprint density at radius 2 is 1.95 bits per heavy atom. The first-order valence-electron chi connectivity index (χ1n) is 7.32. The lowest BCUT2D eigenvalue weighted by Gasteiger charge is -2.48. The zero-order valence-corrected chi connectivity index (χ0v) is 11.7. The van der Waals surface area contributed by atoms with E-state index in [1.54, 1.807) is 6.92 Å². The lowest BCUT2D eigenvalue weighted by molar-refractivity contribution is -0.190. The zero-order valence-electron chi connectivity index (χ0n) is 11.7. The lowest BCUT2D eigenvalue weighted by Crippen LogP contribution is -2.60. The molecule has 2 rings (SSSR count). The molecule has 1 aliphatic carbocycles. The zero-order chi connectivity index (χ0) is 15.0. The molecule has 116 valence electrons. The van der Waals surface area contributed by atoms with Crippen LogP contribution in [0, 0.1) is 5.92 Å². The van der Waals surface area contributed by atoms with Crippen LogP contribution in [0.25, 0.3) is 0 Å². The van der Waals surface area contributed by atoms with Crippen LogP contribution in [0.3, 0.4) is 0 Å². The number of rotatable bonds is 2. The highest BCUT2D eigenvalue weighted by molar-refractivity contribution is 5.78. The lowest BCUT2D eigenvalue weighted by atomic mass is 9.79. The Balaban J connectivity index is 2.14. The van der Waals surface area contributed by atoms with Gasteiger partial charge in [0.15, 0.2) is 0 Å². The van der Waals surface area contributed by atoms with Crippen LogP contribution in [-0.2, 0) is 4.79 Å². The minimum atomic E-state index is -4.16. The van der Waals surface area contributed by atoms with Gasteiger partial charge in [0, 0.05) is 6.04 Å². The van der Waals surface area contributed by atoms with Gasteiger partial charge in [0.2, 0.25) is 0 Å². The third kappa shape index (κ3) is 2.95. The van der Waals surface area contributed by atoms with Crippen molar-refractivity contribution in [1.82, 2.24) is 4.90 Å². The molecule has 2 aliphatic rings. The Morgan fingerprint density at radius 3 is 2.55 bits per heavy atom. The molecule has 1 saturated heterocycles. The Morgan fingerprint density at radius 1 is 1.25 bits per heavy atom. The first-order chi connectivity index (χ1) is 9.25. The van der Waals surface area contributed by atoms with Crippen molar-refractivity contribution in [2.45, 2.75) is 69.6 Å². The predicted molar refractivity (Wildman–Crippen MR) is 68.4 cm³/mol. The van der Waals surface area contributed by atoms with Crippen molar-refractivity contribution in [2.75, 3.05) is 6.54 Å². The number of nitrogens with zero attached hydrogens (tertiary/aromatic N) is 1. The van der Waals surface area contributed by atoms with Gasteiger partial charge in [-0.05, 0) is 52.0 Å². The fraction of sp³-hybridized carbons (Fsp3) is 0.929. The summed E-state index contributed by atoms with van der Waals surface area (Å²) in [6.45, 7) is 2.25. The molecule has 3 unspecified atom stereocenters. The molecule has 1 N–H and O–H groups in total. The number of carbonyl (C=O) groups is 1. The third-order valence-corrected chi connectivity index (χ3v) is 4.96. The normalized spacial score (nSPS) is 36.8. The topological polar surface area (TPSA) is 40.5 Å². The SMILES string of the molecule is CC1(C(=O)O)CCCCN1C1CCCC(C(F)(F)F)C1. The van der Waals surface area contributed by atoms with Crippen molar-refractivity contribution in [1.29, 1.82) is 0 Å². The summed E-state index contributed by atoms with van der Waals surface area (Å²) in [7, 11) is 0. The molecule has 0 aromatic carbocycles. The van der Waals surface area contributed by atoms with E-state index in [0.717, 1.165) is 12.8 Å². The smallest absolute Gasteiger partial charge is 0.391 e. The number of carboxylic acid groups (broad SMARTS) is 1. The van der Waals surface area contributed by atoms with Gasteiger partial charge < -0.3 is 5.11 Å². The quantitative estimate of drug-likeness (QED) is 0.848. The van der Waals surface area contributed by atoms with Crippen LogP contribution >= 0.6 is 0 Å². The van der Waals surface area contributed by atoms with Gasteiger partial charge in [-0.15, -0.1) is 0 Å². The number of halogens is 3. The van der Waals surface area contributed by atoms with E-state index in [0.29, 0.717) is 25.8 Å². The second-order valence-corrected chi connectivity index (χ2v) is 6.29. The molecule has 20 heavy (non-hydrogen) atoms. The van der Waals surface area contributed by atoms with Gasteiger partial charge in [0.05, 0.1) is 5.92 Å². The van der Waals surface area contributed by atoms with Crippen LogP contribution in [0.2, 0.25) is 0 Å². The van der Waals surface area contributed by atoms with Gasteiger partial charge >= 0.3 is 12.1 Å². The number of piperidine rings is 1. The summed E-state index contributed by atoms with van der Waals surface area (Å²) < 4.78 is 38.7. The molecule has 0 amide bonds. The standard InChI is InChI=1S/C14H22F3NO2/c1-13(12(19)20)7-2-3-8-18(13)11-6-4-5-10(9-11)14(15,16)17/h10-11H,2-9H2,1H3,(H,19,20). The van der Waals surface area contributed by atoms with Crippen LogP contribution in [0.1, 0.15) is 51.9 Å². The average Bonchev–Trinajstić information content (AvgIpc) is 2.38. The minimum Gasteiger partial charge on any atom is -0.480 e. The molecule has 0 aromatic rings. The van der Waals surface area contributed by atoms with Gasteiger partial charge in [-0.25, -0.2) is 0 Å². The fourth-order valence-corrected chi connectivity index (χ4v) is 3.70. The molecule has 0 bridgehead atoms. The maximum Gasteiger partial charge on any atom is 0.391 e. The summed E-state index contributed by atoms with van der Waals surface area (Å²) in [5, 5.41) is 9.46. The molecule has 3 atom stereocenters. The molecule has 1 aliphatic heterocycles. The van der Waals surface area contributed by atoms with Gasteiger partial charge in [-0.1, -0.05) is 6.42 Å². The first-order valence-corrected chi connectivity index (χ1v) is 7.32. The van der Waals surface area contributed by atoms with E-state index in [1.165, 1.54) is 0 Å². The Kier molecular flexibility index (Phi) is 4.33. The molecule has 1 heterocycles. The summed E-state index contributed by atoms with van der Waals surface area (Å²) in [5.41, 5.74) is -1.00. The first kappa shape index (κ1) is 15.6. The molecule has 0 radical (unpaired) electrons. The van der Waals surface area contributed by atoms with Crippen molar-refractivity contribution in [3.63, 3.8) is 0 Å².